The van der Waals surface area contributed by atoms with Crippen molar-refractivity contribution in [1.82, 2.24) is 4.90 Å². The average Bonchev–Trinajstić information content (AvgIpc) is 3.38. The minimum atomic E-state index is -0.962. The first-order valence-corrected chi connectivity index (χ1v) is 9.72. The van der Waals surface area contributed by atoms with Gasteiger partial charge in [0.25, 0.3) is 0 Å². The van der Waals surface area contributed by atoms with Gasteiger partial charge in [0.15, 0.2) is 5.78 Å². The van der Waals surface area contributed by atoms with Gasteiger partial charge in [0.1, 0.15) is 13.2 Å². The van der Waals surface area contributed by atoms with Crippen LogP contribution in [0.3, 0.4) is 0 Å². The van der Waals surface area contributed by atoms with Gasteiger partial charge in [-0.1, -0.05) is 67.6 Å². The Morgan fingerprint density at radius 2 is 1.52 bits per heavy atom. The Morgan fingerprint density at radius 3 is 2.10 bits per heavy atom. The lowest BCUT2D eigenvalue weighted by atomic mass is 9.96. The first-order valence-electron chi connectivity index (χ1n) is 9.72. The van der Waals surface area contributed by atoms with Crippen LogP contribution in [0.25, 0.3) is 0 Å². The zero-order chi connectivity index (χ0) is 20.4. The third kappa shape index (κ3) is 3.62. The number of Topliss-reactive ketones (excluding diaryl/α,β-unsaturated/α-hetero) is 1. The van der Waals surface area contributed by atoms with Crippen LogP contribution in [0.1, 0.15) is 18.1 Å². The van der Waals surface area contributed by atoms with Gasteiger partial charge in [0.2, 0.25) is 0 Å². The third-order valence-electron chi connectivity index (χ3n) is 5.96. The molecular formula is C23H23NO5. The van der Waals surface area contributed by atoms with Crippen molar-refractivity contribution >= 4 is 17.8 Å². The van der Waals surface area contributed by atoms with E-state index in [1.165, 1.54) is 4.90 Å². The Bertz CT molecular complexity index is 913. The number of piperidine rings is 1. The highest BCUT2D eigenvalue weighted by Gasteiger charge is 2.73. The quantitative estimate of drug-likeness (QED) is 0.730. The first-order chi connectivity index (χ1) is 14.0. The summed E-state index contributed by atoms with van der Waals surface area (Å²) in [4.78, 5) is 39.3. The summed E-state index contributed by atoms with van der Waals surface area (Å²) in [7, 11) is 0. The van der Waals surface area contributed by atoms with E-state index in [-0.39, 0.29) is 43.9 Å². The largest absolute Gasteiger partial charge is 0.460 e. The Morgan fingerprint density at radius 1 is 0.966 bits per heavy atom. The van der Waals surface area contributed by atoms with E-state index in [9.17, 15) is 14.4 Å². The number of hydrogen-bond acceptors (Lipinski definition) is 5. The van der Waals surface area contributed by atoms with Crippen LogP contribution in [0.5, 0.6) is 0 Å². The molecule has 1 heterocycles. The van der Waals surface area contributed by atoms with Crippen LogP contribution < -0.4 is 0 Å². The van der Waals surface area contributed by atoms with Gasteiger partial charge in [-0.2, -0.15) is 0 Å². The molecule has 1 amide bonds. The number of likely N-dealkylation sites (tertiary alicyclic amines) is 1. The van der Waals surface area contributed by atoms with E-state index in [1.54, 1.807) is 0 Å². The number of hydrogen-bond donors (Lipinski definition) is 0. The lowest BCUT2D eigenvalue weighted by Gasteiger charge is -2.30. The number of ketones is 1. The molecule has 3 unspecified atom stereocenters. The van der Waals surface area contributed by atoms with Crippen molar-refractivity contribution in [2.75, 3.05) is 13.1 Å². The van der Waals surface area contributed by atoms with Gasteiger partial charge >= 0.3 is 12.1 Å². The fourth-order valence-corrected chi connectivity index (χ4v) is 4.27. The number of esters is 1. The molecule has 2 fully saturated rings. The molecule has 1 saturated carbocycles. The summed E-state index contributed by atoms with van der Waals surface area (Å²) in [6, 6.07) is 18.7. The van der Waals surface area contributed by atoms with E-state index in [2.05, 4.69) is 0 Å². The van der Waals surface area contributed by atoms with Crippen LogP contribution in [-0.2, 0) is 32.3 Å². The summed E-state index contributed by atoms with van der Waals surface area (Å²) >= 11 is 0. The molecule has 1 saturated heterocycles. The van der Waals surface area contributed by atoms with Crippen molar-refractivity contribution in [3.8, 4) is 0 Å². The lowest BCUT2D eigenvalue weighted by Crippen LogP contribution is -2.48. The fraction of sp³-hybridized carbons (Fsp3) is 0.348. The van der Waals surface area contributed by atoms with E-state index in [0.717, 1.165) is 11.1 Å². The summed E-state index contributed by atoms with van der Waals surface area (Å²) in [6.07, 6.45) is -0.588. The van der Waals surface area contributed by atoms with Gasteiger partial charge in [-0.25, -0.2) is 4.79 Å². The maximum atomic E-state index is 12.9. The molecule has 3 atom stereocenters. The minimum absolute atomic E-state index is 0.0314. The molecule has 0 N–H and O–H groups in total. The van der Waals surface area contributed by atoms with Crippen molar-refractivity contribution in [1.29, 1.82) is 0 Å². The van der Waals surface area contributed by atoms with E-state index in [0.29, 0.717) is 0 Å². The van der Waals surface area contributed by atoms with Gasteiger partial charge in [-0.3, -0.25) is 14.5 Å². The van der Waals surface area contributed by atoms with E-state index >= 15 is 0 Å². The van der Waals surface area contributed by atoms with Crippen molar-refractivity contribution < 1.29 is 23.9 Å². The molecule has 6 nitrogen and oxygen atoms in total. The average molecular weight is 393 g/mol. The van der Waals surface area contributed by atoms with Crippen LogP contribution in [0.4, 0.5) is 4.79 Å². The molecule has 29 heavy (non-hydrogen) atoms. The Labute approximate surface area is 169 Å². The van der Waals surface area contributed by atoms with Crippen molar-refractivity contribution in [2.45, 2.75) is 20.1 Å². The molecule has 0 bridgehead atoms. The zero-order valence-corrected chi connectivity index (χ0v) is 16.2. The molecule has 1 aliphatic carbocycles. The summed E-state index contributed by atoms with van der Waals surface area (Å²) in [5.74, 6) is -1.07. The molecule has 0 spiro atoms. The second-order valence-electron chi connectivity index (χ2n) is 7.73. The fourth-order valence-electron chi connectivity index (χ4n) is 4.27. The molecule has 2 aromatic carbocycles. The number of carbonyl (C=O) groups is 3. The van der Waals surface area contributed by atoms with E-state index in [1.807, 2.05) is 67.6 Å². The second kappa shape index (κ2) is 7.70. The van der Waals surface area contributed by atoms with E-state index < -0.39 is 17.5 Å². The zero-order valence-electron chi connectivity index (χ0n) is 16.2. The number of nitrogens with zero attached hydrogens (tertiary/aromatic N) is 1. The smallest absolute Gasteiger partial charge is 0.410 e. The third-order valence-corrected chi connectivity index (χ3v) is 5.96. The number of fused-ring (bicyclic) bond motifs is 1. The number of carbonyl (C=O) groups excluding carboxylic acids is 3. The van der Waals surface area contributed by atoms with E-state index in [4.69, 9.17) is 9.47 Å². The standard InChI is InChI=1S/C23H23NO5/c1-16-20-19(25)12-24(22(27)29-14-18-10-6-3-7-11-18)15-23(16,20)21(26)28-13-17-8-4-2-5-9-17/h2-11,16,20H,12-15H2,1H3. The lowest BCUT2D eigenvalue weighted by molar-refractivity contribution is -0.155. The summed E-state index contributed by atoms with van der Waals surface area (Å²) in [6.45, 7) is 2.25. The highest BCUT2D eigenvalue weighted by molar-refractivity contribution is 5.99. The van der Waals surface area contributed by atoms with Gasteiger partial charge in [-0.15, -0.1) is 0 Å². The van der Waals surface area contributed by atoms with Crippen molar-refractivity contribution in [2.24, 2.45) is 17.3 Å². The second-order valence-corrected chi connectivity index (χ2v) is 7.73. The molecule has 2 aliphatic rings. The molecule has 2 aromatic rings. The maximum absolute atomic E-state index is 12.9. The SMILES string of the molecule is CC1C2C(=O)CN(C(=O)OCc3ccccc3)CC12C(=O)OCc1ccccc1. The summed E-state index contributed by atoms with van der Waals surface area (Å²) in [5.41, 5.74) is 0.776. The maximum Gasteiger partial charge on any atom is 0.410 e. The van der Waals surface area contributed by atoms with Crippen molar-refractivity contribution in [3.63, 3.8) is 0 Å². The molecule has 4 rings (SSSR count). The summed E-state index contributed by atoms with van der Waals surface area (Å²) in [5, 5.41) is 0. The van der Waals surface area contributed by atoms with Crippen molar-refractivity contribution in [3.05, 3.63) is 71.8 Å². The number of benzene rings is 2. The predicted molar refractivity (Wildman–Crippen MR) is 105 cm³/mol. The van der Waals surface area contributed by atoms with Gasteiger partial charge in [0.05, 0.1) is 12.0 Å². The first kappa shape index (κ1) is 19.2. The Kier molecular flexibility index (Phi) is 5.09. The minimum Gasteiger partial charge on any atom is -0.460 e. The van der Waals surface area contributed by atoms with Gasteiger partial charge in [-0.05, 0) is 17.0 Å². The van der Waals surface area contributed by atoms with Crippen LogP contribution in [0, 0.1) is 17.3 Å². The normalized spacial score (nSPS) is 25.1. The van der Waals surface area contributed by atoms with Crippen LogP contribution in [0.15, 0.2) is 60.7 Å². The van der Waals surface area contributed by atoms with Gasteiger partial charge in [0, 0.05) is 12.5 Å². The van der Waals surface area contributed by atoms with Gasteiger partial charge < -0.3 is 9.47 Å². The highest BCUT2D eigenvalue weighted by Crippen LogP contribution is 2.62. The molecule has 6 heteroatoms. The number of rotatable bonds is 5. The van der Waals surface area contributed by atoms with Crippen LogP contribution >= 0.6 is 0 Å². The molecule has 0 aromatic heterocycles. The number of amides is 1. The summed E-state index contributed by atoms with van der Waals surface area (Å²) < 4.78 is 10.9. The Hall–Kier alpha value is -3.15. The van der Waals surface area contributed by atoms with Crippen LogP contribution in [-0.4, -0.2) is 35.8 Å². The molecule has 150 valence electrons. The predicted octanol–water partition coefficient (Wildman–Crippen LogP) is 3.20. The monoisotopic (exact) mass is 393 g/mol. The highest BCUT2D eigenvalue weighted by atomic mass is 16.6. The Balaban J connectivity index is 1.41. The molecule has 1 aliphatic heterocycles. The number of ether oxygens (including phenoxy) is 2. The van der Waals surface area contributed by atoms with Crippen LogP contribution in [0.2, 0.25) is 0 Å². The molecule has 0 radical (unpaired) electrons. The molecular weight excluding hydrogens is 370 g/mol. The topological polar surface area (TPSA) is 72.9 Å².